The SMILES string of the molecule is COc1cc(NC(=O)c2cc3nc(-c4ccc(C)cc4)cc(C(F)(F)F)n3n2)cc([N+](=O)[O-])c1. The van der Waals surface area contributed by atoms with Crippen molar-refractivity contribution < 1.29 is 27.6 Å². The van der Waals surface area contributed by atoms with E-state index in [1.54, 1.807) is 24.3 Å². The zero-order chi connectivity index (χ0) is 24.6. The maximum atomic E-state index is 13.8. The molecule has 4 rings (SSSR count). The molecular weight excluding hydrogens is 455 g/mol. The Bertz CT molecular complexity index is 1410. The van der Waals surface area contributed by atoms with Crippen LogP contribution in [0.25, 0.3) is 16.9 Å². The van der Waals surface area contributed by atoms with Gasteiger partial charge in [-0.25, -0.2) is 9.50 Å². The standard InChI is InChI=1S/C22H16F3N5O4/c1-12-3-5-13(6-4-12)17-10-19(22(23,24)25)29-20(27-17)11-18(28-29)21(31)26-14-7-15(30(32)33)9-16(8-14)34-2/h3-11H,1-2H3,(H,26,31). The molecule has 0 bridgehead atoms. The lowest BCUT2D eigenvalue weighted by Crippen LogP contribution is -2.16. The second kappa shape index (κ2) is 8.46. The Morgan fingerprint density at radius 1 is 1.12 bits per heavy atom. The summed E-state index contributed by atoms with van der Waals surface area (Å²) in [5.41, 5.74) is -0.515. The van der Waals surface area contributed by atoms with E-state index in [-0.39, 0.29) is 34.2 Å². The maximum Gasteiger partial charge on any atom is 0.433 e. The number of aryl methyl sites for hydroxylation is 1. The van der Waals surface area contributed by atoms with E-state index in [1.807, 2.05) is 6.92 Å². The average molecular weight is 471 g/mol. The number of ether oxygens (including phenoxy) is 1. The van der Waals surface area contributed by atoms with Crippen LogP contribution >= 0.6 is 0 Å². The Kier molecular flexibility index (Phi) is 5.65. The molecule has 0 fully saturated rings. The molecule has 0 spiro atoms. The Hall–Kier alpha value is -4.48. The van der Waals surface area contributed by atoms with E-state index in [2.05, 4.69) is 15.4 Å². The van der Waals surface area contributed by atoms with Gasteiger partial charge in [-0.1, -0.05) is 29.8 Å². The van der Waals surface area contributed by atoms with Gasteiger partial charge in [0.25, 0.3) is 11.6 Å². The highest BCUT2D eigenvalue weighted by Crippen LogP contribution is 2.32. The van der Waals surface area contributed by atoms with Crippen molar-refractivity contribution >= 4 is 22.9 Å². The monoisotopic (exact) mass is 471 g/mol. The molecule has 1 amide bonds. The normalized spacial score (nSPS) is 11.4. The number of alkyl halides is 3. The minimum absolute atomic E-state index is 0.0115. The van der Waals surface area contributed by atoms with Gasteiger partial charge in [-0.15, -0.1) is 0 Å². The van der Waals surface area contributed by atoms with Crippen LogP contribution in [0.4, 0.5) is 24.5 Å². The molecule has 0 radical (unpaired) electrons. The lowest BCUT2D eigenvalue weighted by molar-refractivity contribution is -0.384. The predicted octanol–water partition coefficient (Wildman–Crippen LogP) is 4.89. The summed E-state index contributed by atoms with van der Waals surface area (Å²) >= 11 is 0. The molecule has 1 N–H and O–H groups in total. The number of carbonyl (C=O) groups excluding carboxylic acids is 1. The van der Waals surface area contributed by atoms with Crippen LogP contribution in [0.2, 0.25) is 0 Å². The van der Waals surface area contributed by atoms with Gasteiger partial charge < -0.3 is 10.1 Å². The van der Waals surface area contributed by atoms with Gasteiger partial charge in [0.2, 0.25) is 0 Å². The highest BCUT2D eigenvalue weighted by atomic mass is 19.4. The van der Waals surface area contributed by atoms with Crippen molar-refractivity contribution in [1.29, 1.82) is 0 Å². The molecule has 0 saturated heterocycles. The van der Waals surface area contributed by atoms with Crippen molar-refractivity contribution in [3.63, 3.8) is 0 Å². The fourth-order valence-corrected chi connectivity index (χ4v) is 3.23. The summed E-state index contributed by atoms with van der Waals surface area (Å²) in [6.07, 6.45) is -4.77. The molecule has 0 unspecified atom stereocenters. The highest BCUT2D eigenvalue weighted by Gasteiger charge is 2.35. The number of methoxy groups -OCH3 is 1. The third-order valence-electron chi connectivity index (χ3n) is 4.89. The molecule has 0 aliphatic carbocycles. The highest BCUT2D eigenvalue weighted by molar-refractivity contribution is 6.03. The van der Waals surface area contributed by atoms with Crippen LogP contribution in [0, 0.1) is 17.0 Å². The number of amides is 1. The van der Waals surface area contributed by atoms with Gasteiger partial charge in [0.15, 0.2) is 17.0 Å². The van der Waals surface area contributed by atoms with Crippen LogP contribution in [0.1, 0.15) is 21.7 Å². The Morgan fingerprint density at radius 3 is 2.44 bits per heavy atom. The zero-order valence-electron chi connectivity index (χ0n) is 17.8. The van der Waals surface area contributed by atoms with Crippen molar-refractivity contribution in [2.24, 2.45) is 0 Å². The first-order valence-corrected chi connectivity index (χ1v) is 9.75. The van der Waals surface area contributed by atoms with Crippen molar-refractivity contribution in [3.05, 3.63) is 81.7 Å². The molecule has 12 heteroatoms. The fourth-order valence-electron chi connectivity index (χ4n) is 3.23. The van der Waals surface area contributed by atoms with Crippen LogP contribution in [-0.2, 0) is 6.18 Å². The summed E-state index contributed by atoms with van der Waals surface area (Å²) < 4.78 is 46.8. The number of nitrogens with one attached hydrogen (secondary N) is 1. The summed E-state index contributed by atoms with van der Waals surface area (Å²) in [4.78, 5) is 27.4. The molecule has 2 aromatic heterocycles. The number of anilines is 1. The van der Waals surface area contributed by atoms with E-state index < -0.39 is 22.7 Å². The number of halogens is 3. The Morgan fingerprint density at radius 2 is 1.82 bits per heavy atom. The summed E-state index contributed by atoms with van der Waals surface area (Å²) in [5.74, 6) is -0.763. The van der Waals surface area contributed by atoms with E-state index in [9.17, 15) is 28.1 Å². The number of hydrogen-bond donors (Lipinski definition) is 1. The number of rotatable bonds is 5. The first-order valence-electron chi connectivity index (χ1n) is 9.75. The molecule has 0 aliphatic heterocycles. The molecule has 34 heavy (non-hydrogen) atoms. The number of benzene rings is 2. The van der Waals surface area contributed by atoms with Gasteiger partial charge in [0, 0.05) is 23.8 Å². The van der Waals surface area contributed by atoms with E-state index in [0.29, 0.717) is 10.1 Å². The number of nitrogens with zero attached hydrogens (tertiary/aromatic N) is 4. The minimum atomic E-state index is -4.77. The van der Waals surface area contributed by atoms with E-state index in [1.165, 1.54) is 13.2 Å². The number of nitro benzene ring substituents is 1. The average Bonchev–Trinajstić information content (AvgIpc) is 3.22. The molecule has 0 aliphatic rings. The van der Waals surface area contributed by atoms with Gasteiger partial charge in [-0.05, 0) is 13.0 Å². The molecule has 174 valence electrons. The van der Waals surface area contributed by atoms with Gasteiger partial charge in [-0.3, -0.25) is 14.9 Å². The number of non-ortho nitro benzene ring substituents is 1. The van der Waals surface area contributed by atoms with E-state index >= 15 is 0 Å². The Balaban J connectivity index is 1.76. The summed E-state index contributed by atoms with van der Waals surface area (Å²) in [5, 5.41) is 17.3. The van der Waals surface area contributed by atoms with Crippen LogP contribution < -0.4 is 10.1 Å². The minimum Gasteiger partial charge on any atom is -0.496 e. The third kappa shape index (κ3) is 4.51. The van der Waals surface area contributed by atoms with E-state index in [4.69, 9.17) is 4.74 Å². The zero-order valence-corrected chi connectivity index (χ0v) is 17.8. The van der Waals surface area contributed by atoms with Crippen LogP contribution in [0.3, 0.4) is 0 Å². The fraction of sp³-hybridized carbons (Fsp3) is 0.136. The second-order valence-corrected chi connectivity index (χ2v) is 7.32. The van der Waals surface area contributed by atoms with Crippen molar-refractivity contribution in [2.75, 3.05) is 12.4 Å². The molecule has 2 heterocycles. The molecule has 0 saturated carbocycles. The third-order valence-corrected chi connectivity index (χ3v) is 4.89. The lowest BCUT2D eigenvalue weighted by Gasteiger charge is -2.11. The number of nitro groups is 1. The van der Waals surface area contributed by atoms with Gasteiger partial charge in [0.05, 0.1) is 29.5 Å². The topological polar surface area (TPSA) is 112 Å². The lowest BCUT2D eigenvalue weighted by atomic mass is 10.1. The van der Waals surface area contributed by atoms with Crippen LogP contribution in [-0.4, -0.2) is 32.5 Å². The van der Waals surface area contributed by atoms with E-state index in [0.717, 1.165) is 29.8 Å². The molecule has 4 aromatic rings. The smallest absolute Gasteiger partial charge is 0.433 e. The van der Waals surface area contributed by atoms with Crippen molar-refractivity contribution in [2.45, 2.75) is 13.1 Å². The predicted molar refractivity (Wildman–Crippen MR) is 116 cm³/mol. The quantitative estimate of drug-likeness (QED) is 0.328. The Labute approximate surface area is 190 Å². The molecule has 0 atom stereocenters. The number of hydrogen-bond acceptors (Lipinski definition) is 6. The second-order valence-electron chi connectivity index (χ2n) is 7.32. The summed E-state index contributed by atoms with van der Waals surface area (Å²) in [7, 11) is 1.29. The largest absolute Gasteiger partial charge is 0.496 e. The molecular formula is C22H16F3N5O4. The van der Waals surface area contributed by atoms with Gasteiger partial charge >= 0.3 is 6.18 Å². The van der Waals surface area contributed by atoms with Crippen molar-refractivity contribution in [3.8, 4) is 17.0 Å². The first-order chi connectivity index (χ1) is 16.0. The molecule has 2 aromatic carbocycles. The maximum absolute atomic E-state index is 13.8. The summed E-state index contributed by atoms with van der Waals surface area (Å²) in [6.45, 7) is 1.85. The van der Waals surface area contributed by atoms with Crippen LogP contribution in [0.5, 0.6) is 5.75 Å². The number of aromatic nitrogens is 3. The number of fused-ring (bicyclic) bond motifs is 1. The van der Waals surface area contributed by atoms with Gasteiger partial charge in [0.1, 0.15) is 5.75 Å². The van der Waals surface area contributed by atoms with Gasteiger partial charge in [-0.2, -0.15) is 18.3 Å². The van der Waals surface area contributed by atoms with Crippen LogP contribution in [0.15, 0.2) is 54.6 Å². The first kappa shape index (κ1) is 22.7. The number of carbonyl (C=O) groups is 1. The molecule has 9 nitrogen and oxygen atoms in total. The van der Waals surface area contributed by atoms with Crippen molar-refractivity contribution in [1.82, 2.24) is 14.6 Å². The summed E-state index contributed by atoms with van der Waals surface area (Å²) in [6, 6.07) is 12.3.